The van der Waals surface area contributed by atoms with Crippen molar-refractivity contribution in [3.63, 3.8) is 0 Å². The number of nitrogens with zero attached hydrogens (tertiary/aromatic N) is 1. The molecule has 1 aliphatic carbocycles. The lowest BCUT2D eigenvalue weighted by Gasteiger charge is -2.32. The Labute approximate surface area is 124 Å². The van der Waals surface area contributed by atoms with Gasteiger partial charge in [-0.15, -0.1) is 0 Å². The van der Waals surface area contributed by atoms with Gasteiger partial charge < -0.3 is 5.11 Å². The standard InChI is InChI=1S/C15H19NO4S/c17-15(18)14-10-11-6-4-5-9-13(11)16(14)21(19,20)12-7-2-1-3-8-12/h1-3,7-8,11,13-14H,4-6,9-10H2,(H,17,18)/t11-,13-,14+/m1/s1. The van der Waals surface area contributed by atoms with E-state index in [1.807, 2.05) is 0 Å². The molecule has 114 valence electrons. The number of benzene rings is 1. The van der Waals surface area contributed by atoms with Crippen LogP contribution in [0.15, 0.2) is 35.2 Å². The monoisotopic (exact) mass is 309 g/mol. The van der Waals surface area contributed by atoms with Gasteiger partial charge in [-0.05, 0) is 37.3 Å². The average molecular weight is 309 g/mol. The smallest absolute Gasteiger partial charge is 0.322 e. The summed E-state index contributed by atoms with van der Waals surface area (Å²) in [7, 11) is -3.75. The van der Waals surface area contributed by atoms with E-state index in [0.717, 1.165) is 25.7 Å². The summed E-state index contributed by atoms with van der Waals surface area (Å²) in [4.78, 5) is 11.7. The molecule has 5 nitrogen and oxygen atoms in total. The van der Waals surface area contributed by atoms with E-state index in [4.69, 9.17) is 0 Å². The molecule has 21 heavy (non-hydrogen) atoms. The number of carbonyl (C=O) groups is 1. The molecule has 2 fully saturated rings. The summed E-state index contributed by atoms with van der Waals surface area (Å²) in [6.07, 6.45) is 4.16. The Kier molecular flexibility index (Phi) is 3.75. The predicted octanol–water partition coefficient (Wildman–Crippen LogP) is 2.09. The average Bonchev–Trinajstić information content (AvgIpc) is 2.88. The maximum Gasteiger partial charge on any atom is 0.322 e. The van der Waals surface area contributed by atoms with Crippen LogP contribution in [0.4, 0.5) is 0 Å². The third-order valence-electron chi connectivity index (χ3n) is 4.63. The molecule has 2 aliphatic rings. The van der Waals surface area contributed by atoms with E-state index in [9.17, 15) is 18.3 Å². The van der Waals surface area contributed by atoms with E-state index >= 15 is 0 Å². The molecule has 1 saturated heterocycles. The Morgan fingerprint density at radius 3 is 2.48 bits per heavy atom. The molecule has 1 aliphatic heterocycles. The van der Waals surface area contributed by atoms with Gasteiger partial charge in [-0.2, -0.15) is 4.31 Å². The number of fused-ring (bicyclic) bond motifs is 1. The van der Waals surface area contributed by atoms with E-state index in [0.29, 0.717) is 6.42 Å². The highest BCUT2D eigenvalue weighted by Crippen LogP contribution is 2.42. The van der Waals surface area contributed by atoms with Crippen LogP contribution in [0.5, 0.6) is 0 Å². The van der Waals surface area contributed by atoms with Crippen molar-refractivity contribution in [2.45, 2.75) is 49.1 Å². The molecule has 0 spiro atoms. The van der Waals surface area contributed by atoms with E-state index in [1.165, 1.54) is 16.4 Å². The lowest BCUT2D eigenvalue weighted by molar-refractivity contribution is -0.141. The molecule has 6 heteroatoms. The summed E-state index contributed by atoms with van der Waals surface area (Å²) in [6, 6.07) is 7.05. The van der Waals surface area contributed by atoms with Crippen molar-refractivity contribution in [1.29, 1.82) is 0 Å². The summed E-state index contributed by atoms with van der Waals surface area (Å²) >= 11 is 0. The van der Waals surface area contributed by atoms with Gasteiger partial charge in [0.1, 0.15) is 6.04 Å². The first-order chi connectivity index (χ1) is 10.0. The minimum absolute atomic E-state index is 0.162. The van der Waals surface area contributed by atoms with Gasteiger partial charge in [-0.25, -0.2) is 8.42 Å². The molecule has 1 N–H and O–H groups in total. The molecule has 1 saturated carbocycles. The van der Waals surface area contributed by atoms with Crippen molar-refractivity contribution in [1.82, 2.24) is 4.31 Å². The Morgan fingerprint density at radius 1 is 1.14 bits per heavy atom. The highest BCUT2D eigenvalue weighted by atomic mass is 32.2. The second kappa shape index (κ2) is 5.42. The number of hydrogen-bond donors (Lipinski definition) is 1. The lowest BCUT2D eigenvalue weighted by atomic mass is 9.85. The number of sulfonamides is 1. The van der Waals surface area contributed by atoms with Crippen LogP contribution in [0.3, 0.4) is 0 Å². The van der Waals surface area contributed by atoms with Crippen LogP contribution in [0.1, 0.15) is 32.1 Å². The summed E-state index contributed by atoms with van der Waals surface area (Å²) in [5.41, 5.74) is 0. The number of aliphatic carboxylic acids is 1. The van der Waals surface area contributed by atoms with Gasteiger partial charge in [0.15, 0.2) is 0 Å². The number of carboxylic acid groups (broad SMARTS) is 1. The molecular formula is C15H19NO4S. The molecule has 0 aromatic heterocycles. The predicted molar refractivity (Wildman–Crippen MR) is 77.3 cm³/mol. The van der Waals surface area contributed by atoms with Crippen molar-refractivity contribution in [3.8, 4) is 0 Å². The maximum absolute atomic E-state index is 12.9. The summed E-state index contributed by atoms with van der Waals surface area (Å²) in [6.45, 7) is 0. The van der Waals surface area contributed by atoms with Crippen LogP contribution in [0.25, 0.3) is 0 Å². The largest absolute Gasteiger partial charge is 0.480 e. The molecule has 3 rings (SSSR count). The van der Waals surface area contributed by atoms with Crippen LogP contribution in [-0.2, 0) is 14.8 Å². The fourth-order valence-corrected chi connectivity index (χ4v) is 5.58. The van der Waals surface area contributed by atoms with Crippen LogP contribution >= 0.6 is 0 Å². The van der Waals surface area contributed by atoms with E-state index in [2.05, 4.69) is 0 Å². The van der Waals surface area contributed by atoms with Gasteiger partial charge >= 0.3 is 5.97 Å². The van der Waals surface area contributed by atoms with Crippen LogP contribution < -0.4 is 0 Å². The molecular weight excluding hydrogens is 290 g/mol. The number of carboxylic acids is 1. The van der Waals surface area contributed by atoms with Crippen molar-refractivity contribution < 1.29 is 18.3 Å². The fourth-order valence-electron chi connectivity index (χ4n) is 3.69. The zero-order valence-corrected chi connectivity index (χ0v) is 12.5. The molecule has 0 unspecified atom stereocenters. The first-order valence-corrected chi connectivity index (χ1v) is 8.77. The number of rotatable bonds is 3. The molecule has 1 aromatic carbocycles. The van der Waals surface area contributed by atoms with Crippen molar-refractivity contribution in [2.24, 2.45) is 5.92 Å². The highest BCUT2D eigenvalue weighted by molar-refractivity contribution is 7.89. The van der Waals surface area contributed by atoms with Crippen molar-refractivity contribution >= 4 is 16.0 Å². The second-order valence-electron chi connectivity index (χ2n) is 5.85. The first kappa shape index (κ1) is 14.5. The Morgan fingerprint density at radius 2 is 1.81 bits per heavy atom. The molecule has 0 radical (unpaired) electrons. The second-order valence-corrected chi connectivity index (χ2v) is 7.69. The fraction of sp³-hybridized carbons (Fsp3) is 0.533. The first-order valence-electron chi connectivity index (χ1n) is 7.33. The Balaban J connectivity index is 2.02. The van der Waals surface area contributed by atoms with Crippen LogP contribution in [-0.4, -0.2) is 35.9 Å². The van der Waals surface area contributed by atoms with E-state index in [-0.39, 0.29) is 16.9 Å². The zero-order valence-electron chi connectivity index (χ0n) is 11.7. The SMILES string of the molecule is O=C(O)[C@@H]1C[C@H]2CCCC[C@H]2N1S(=O)(=O)c1ccccc1. The van der Waals surface area contributed by atoms with Gasteiger partial charge in [0.05, 0.1) is 4.90 Å². The van der Waals surface area contributed by atoms with Gasteiger partial charge in [-0.3, -0.25) is 4.79 Å². The topological polar surface area (TPSA) is 74.7 Å². The third kappa shape index (κ3) is 2.46. The molecule has 1 aromatic rings. The molecule has 1 heterocycles. The molecule has 0 bridgehead atoms. The zero-order chi connectivity index (χ0) is 15.0. The molecule has 3 atom stereocenters. The quantitative estimate of drug-likeness (QED) is 0.928. The van der Waals surface area contributed by atoms with Gasteiger partial charge in [0, 0.05) is 6.04 Å². The van der Waals surface area contributed by atoms with E-state index < -0.39 is 22.0 Å². The summed E-state index contributed by atoms with van der Waals surface area (Å²) in [5, 5.41) is 9.43. The van der Waals surface area contributed by atoms with Gasteiger partial charge in [0.2, 0.25) is 10.0 Å². The van der Waals surface area contributed by atoms with Crippen LogP contribution in [0.2, 0.25) is 0 Å². The van der Waals surface area contributed by atoms with Crippen LogP contribution in [0, 0.1) is 5.92 Å². The minimum Gasteiger partial charge on any atom is -0.480 e. The van der Waals surface area contributed by atoms with E-state index in [1.54, 1.807) is 18.2 Å². The summed E-state index contributed by atoms with van der Waals surface area (Å²) < 4.78 is 27.0. The van der Waals surface area contributed by atoms with Gasteiger partial charge in [0.25, 0.3) is 0 Å². The Hall–Kier alpha value is -1.40. The Bertz CT molecular complexity index is 628. The number of hydrogen-bond acceptors (Lipinski definition) is 3. The van der Waals surface area contributed by atoms with Gasteiger partial charge in [-0.1, -0.05) is 31.0 Å². The van der Waals surface area contributed by atoms with Crippen molar-refractivity contribution in [3.05, 3.63) is 30.3 Å². The summed E-state index contributed by atoms with van der Waals surface area (Å²) in [5.74, 6) is -0.859. The molecule has 0 amide bonds. The maximum atomic E-state index is 12.9. The highest BCUT2D eigenvalue weighted by Gasteiger charge is 2.51. The third-order valence-corrected chi connectivity index (χ3v) is 6.58. The van der Waals surface area contributed by atoms with Crippen molar-refractivity contribution in [2.75, 3.05) is 0 Å². The lowest BCUT2D eigenvalue weighted by Crippen LogP contribution is -2.46. The normalized spacial score (nSPS) is 30.0. The minimum atomic E-state index is -3.75.